The van der Waals surface area contributed by atoms with Gasteiger partial charge in [-0.05, 0) is 60.7 Å². The smallest absolute Gasteiger partial charge is 0.459 e. The first kappa shape index (κ1) is 35.8. The van der Waals surface area contributed by atoms with Gasteiger partial charge < -0.3 is 25.7 Å². The van der Waals surface area contributed by atoms with Crippen molar-refractivity contribution < 1.29 is 54.3 Å². The number of carbonyl (C=O) groups excluding carboxylic acids is 4. The van der Waals surface area contributed by atoms with Crippen molar-refractivity contribution in [3.63, 3.8) is 0 Å². The van der Waals surface area contributed by atoms with Crippen molar-refractivity contribution in [1.82, 2.24) is 0 Å². The zero-order valence-electron chi connectivity index (χ0n) is 23.6. The average Bonchev–Trinajstić information content (AvgIpc) is 3.57. The van der Waals surface area contributed by atoms with E-state index in [1.807, 2.05) is 0 Å². The molecule has 246 valence electrons. The third-order valence-electron chi connectivity index (χ3n) is 5.67. The molecular weight excluding hydrogens is 657 g/mol. The van der Waals surface area contributed by atoms with Crippen molar-refractivity contribution in [2.45, 2.75) is 12.4 Å². The van der Waals surface area contributed by atoms with Gasteiger partial charge in [-0.1, -0.05) is 12.1 Å². The SMILES string of the molecule is N#Cc1cc(NC(=O)c2ccccc2F)ccc1NC(=O)C(F)(F)F.N#Cc1cc(NC(=O)c2ccco2)ccc1NC(=O)C(F)(F)F. The van der Waals surface area contributed by atoms with E-state index in [0.29, 0.717) is 0 Å². The minimum atomic E-state index is -5.11. The van der Waals surface area contributed by atoms with Crippen LogP contribution in [-0.2, 0) is 9.59 Å². The Hall–Kier alpha value is -6.69. The van der Waals surface area contributed by atoms with Crippen LogP contribution in [0.1, 0.15) is 32.0 Å². The number of nitrogens with one attached hydrogen (secondary N) is 4. The second-order valence-corrected chi connectivity index (χ2v) is 9.01. The molecule has 4 amide bonds. The molecule has 0 aliphatic heterocycles. The summed E-state index contributed by atoms with van der Waals surface area (Å²) in [7, 11) is 0. The fraction of sp³-hybridized carbons (Fsp3) is 0.0667. The number of rotatable bonds is 6. The molecule has 0 saturated carbocycles. The van der Waals surface area contributed by atoms with E-state index in [9.17, 15) is 49.9 Å². The lowest BCUT2D eigenvalue weighted by Gasteiger charge is -2.11. The summed E-state index contributed by atoms with van der Waals surface area (Å²) >= 11 is 0. The first-order chi connectivity index (χ1) is 22.5. The maximum Gasteiger partial charge on any atom is 0.471 e. The molecule has 0 fully saturated rings. The number of alkyl halides is 6. The van der Waals surface area contributed by atoms with Crippen molar-refractivity contribution in [2.24, 2.45) is 0 Å². The number of nitriles is 2. The Labute approximate surface area is 264 Å². The number of furan rings is 1. The summed E-state index contributed by atoms with van der Waals surface area (Å²) in [5.74, 6) is -6.54. The number of hydrogen-bond acceptors (Lipinski definition) is 7. The highest BCUT2D eigenvalue weighted by Crippen LogP contribution is 2.25. The van der Waals surface area contributed by atoms with Gasteiger partial charge in [0.25, 0.3) is 11.8 Å². The average molecular weight is 674 g/mol. The van der Waals surface area contributed by atoms with Gasteiger partial charge in [-0.15, -0.1) is 0 Å². The second-order valence-electron chi connectivity index (χ2n) is 9.01. The molecule has 1 aromatic heterocycles. The fourth-order valence-electron chi connectivity index (χ4n) is 3.48. The summed E-state index contributed by atoms with van der Waals surface area (Å²) in [6.45, 7) is 0. The molecule has 0 aliphatic carbocycles. The van der Waals surface area contributed by atoms with Gasteiger partial charge in [0, 0.05) is 11.4 Å². The number of nitrogens with zero attached hydrogens (tertiary/aromatic N) is 2. The van der Waals surface area contributed by atoms with Gasteiger partial charge in [0.1, 0.15) is 18.0 Å². The van der Waals surface area contributed by atoms with Gasteiger partial charge in [-0.2, -0.15) is 36.9 Å². The van der Waals surface area contributed by atoms with Crippen LogP contribution in [0.15, 0.2) is 83.5 Å². The third kappa shape index (κ3) is 9.65. The van der Waals surface area contributed by atoms with Crippen LogP contribution in [0.25, 0.3) is 0 Å². The molecule has 48 heavy (non-hydrogen) atoms. The van der Waals surface area contributed by atoms with Crippen LogP contribution in [0.2, 0.25) is 0 Å². The zero-order chi connectivity index (χ0) is 35.6. The standard InChI is InChI=1S/C16H9F4N3O2.C14H8F3N3O3/c17-12-4-2-1-3-11(12)14(24)22-10-5-6-13(9(7-10)8-21)23-15(25)16(18,19)20;15-14(16,17)13(22)20-10-4-3-9(6-8(10)7-18)19-12(21)11-2-1-5-23-11/h1-7H,(H,22,24)(H,23,25);1-6H,(H,19,21)(H,20,22). The Morgan fingerprint density at radius 3 is 1.52 bits per heavy atom. The lowest BCUT2D eigenvalue weighted by molar-refractivity contribution is -0.167. The number of carbonyl (C=O) groups is 4. The Morgan fingerprint density at radius 2 is 1.10 bits per heavy atom. The predicted octanol–water partition coefficient (Wildman–Crippen LogP) is 6.35. The second kappa shape index (κ2) is 15.1. The maximum absolute atomic E-state index is 13.5. The van der Waals surface area contributed by atoms with Crippen molar-refractivity contribution in [3.05, 3.63) is 107 Å². The van der Waals surface area contributed by atoms with E-state index in [1.165, 1.54) is 48.7 Å². The lowest BCUT2D eigenvalue weighted by atomic mass is 10.1. The number of amides is 4. The molecule has 0 radical (unpaired) electrons. The first-order valence-corrected chi connectivity index (χ1v) is 12.8. The minimum absolute atomic E-state index is 0.0259. The Balaban J connectivity index is 0.000000261. The van der Waals surface area contributed by atoms with E-state index in [1.54, 1.807) is 22.8 Å². The van der Waals surface area contributed by atoms with Gasteiger partial charge in [-0.3, -0.25) is 19.2 Å². The summed E-state index contributed by atoms with van der Waals surface area (Å²) in [6, 6.07) is 18.1. The summed E-state index contributed by atoms with van der Waals surface area (Å²) in [4.78, 5) is 45.6. The molecule has 18 heteroatoms. The largest absolute Gasteiger partial charge is 0.471 e. The molecule has 4 N–H and O–H groups in total. The molecule has 4 aromatic rings. The summed E-state index contributed by atoms with van der Waals surface area (Å²) < 4.78 is 91.8. The fourth-order valence-corrected chi connectivity index (χ4v) is 3.48. The molecule has 1 heterocycles. The molecule has 4 rings (SSSR count). The molecule has 0 unspecified atom stereocenters. The lowest BCUT2D eigenvalue weighted by Crippen LogP contribution is -2.30. The van der Waals surface area contributed by atoms with E-state index in [4.69, 9.17) is 14.9 Å². The van der Waals surface area contributed by atoms with Gasteiger partial charge >= 0.3 is 24.2 Å². The van der Waals surface area contributed by atoms with Crippen LogP contribution in [0.3, 0.4) is 0 Å². The van der Waals surface area contributed by atoms with Gasteiger partial charge in [-0.25, -0.2) is 4.39 Å². The quantitative estimate of drug-likeness (QED) is 0.172. The van der Waals surface area contributed by atoms with Crippen molar-refractivity contribution in [3.8, 4) is 12.1 Å². The molecule has 0 aliphatic rings. The van der Waals surface area contributed by atoms with Crippen LogP contribution in [0, 0.1) is 28.5 Å². The highest BCUT2D eigenvalue weighted by atomic mass is 19.4. The van der Waals surface area contributed by atoms with Crippen LogP contribution >= 0.6 is 0 Å². The van der Waals surface area contributed by atoms with E-state index in [0.717, 1.165) is 30.3 Å². The normalized spacial score (nSPS) is 10.7. The maximum atomic E-state index is 13.5. The van der Waals surface area contributed by atoms with Crippen molar-refractivity contribution in [1.29, 1.82) is 10.5 Å². The molecule has 0 saturated heterocycles. The van der Waals surface area contributed by atoms with Crippen molar-refractivity contribution in [2.75, 3.05) is 21.3 Å². The van der Waals surface area contributed by atoms with Crippen LogP contribution in [0.5, 0.6) is 0 Å². The predicted molar refractivity (Wildman–Crippen MR) is 153 cm³/mol. The van der Waals surface area contributed by atoms with E-state index >= 15 is 0 Å². The van der Waals surface area contributed by atoms with Crippen molar-refractivity contribution >= 4 is 46.4 Å². The van der Waals surface area contributed by atoms with Crippen LogP contribution in [-0.4, -0.2) is 36.0 Å². The molecule has 0 spiro atoms. The van der Waals surface area contributed by atoms with Crippen LogP contribution < -0.4 is 21.3 Å². The number of hydrogen-bond donors (Lipinski definition) is 4. The molecular formula is C30H17F7N6O5. The molecule has 0 atom stereocenters. The minimum Gasteiger partial charge on any atom is -0.459 e. The monoisotopic (exact) mass is 674 g/mol. The summed E-state index contributed by atoms with van der Waals surface area (Å²) in [6.07, 6.45) is -8.88. The number of benzene rings is 3. The Morgan fingerprint density at radius 1 is 0.625 bits per heavy atom. The first-order valence-electron chi connectivity index (χ1n) is 12.8. The van der Waals surface area contributed by atoms with E-state index in [2.05, 4.69) is 10.6 Å². The van der Waals surface area contributed by atoms with Crippen LogP contribution in [0.4, 0.5) is 53.5 Å². The Bertz CT molecular complexity index is 1930. The van der Waals surface area contributed by atoms with Gasteiger partial charge in [0.2, 0.25) is 0 Å². The zero-order valence-corrected chi connectivity index (χ0v) is 23.6. The van der Waals surface area contributed by atoms with E-state index in [-0.39, 0.29) is 45.2 Å². The van der Waals surface area contributed by atoms with E-state index < -0.39 is 41.8 Å². The van der Waals surface area contributed by atoms with Gasteiger partial charge in [0.05, 0.1) is 34.3 Å². The number of anilines is 4. The molecule has 11 nitrogen and oxygen atoms in total. The highest BCUT2D eigenvalue weighted by Gasteiger charge is 2.39. The topological polar surface area (TPSA) is 177 Å². The number of halogens is 7. The van der Waals surface area contributed by atoms with Gasteiger partial charge in [0.15, 0.2) is 5.76 Å². The summed E-state index contributed by atoms with van der Waals surface area (Å²) in [5.41, 5.74) is -1.25. The summed E-state index contributed by atoms with van der Waals surface area (Å²) in [5, 5.41) is 25.8. The third-order valence-corrected chi connectivity index (χ3v) is 5.67. The highest BCUT2D eigenvalue weighted by molar-refractivity contribution is 6.05. The Kier molecular flexibility index (Phi) is 11.2. The molecule has 3 aromatic carbocycles. The molecule has 0 bridgehead atoms.